The van der Waals surface area contributed by atoms with E-state index in [0.29, 0.717) is 12.0 Å². The van der Waals surface area contributed by atoms with Crippen LogP contribution in [0.15, 0.2) is 11.8 Å². The Morgan fingerprint density at radius 2 is 2.25 bits per heavy atom. The average Bonchev–Trinajstić information content (AvgIpc) is 2.56. The monoisotopic (exact) mass is 228 g/mol. The van der Waals surface area contributed by atoms with Crippen molar-refractivity contribution in [1.82, 2.24) is 0 Å². The fourth-order valence-corrected chi connectivity index (χ4v) is 2.69. The molecule has 2 rings (SSSR count). The first-order valence-corrected chi connectivity index (χ1v) is 5.36. The zero-order valence-corrected chi connectivity index (χ0v) is 9.29. The first-order valence-electron chi connectivity index (χ1n) is 5.36. The summed E-state index contributed by atoms with van der Waals surface area (Å²) in [7, 11) is 1.30. The molecule has 0 amide bonds. The van der Waals surface area contributed by atoms with Gasteiger partial charge in [-0.25, -0.2) is 4.79 Å². The van der Waals surface area contributed by atoms with Gasteiger partial charge in [0.05, 0.1) is 25.0 Å². The van der Waals surface area contributed by atoms with Crippen LogP contribution < -0.4 is 0 Å². The Kier molecular flexibility index (Phi) is 2.90. The van der Waals surface area contributed by atoms with Gasteiger partial charge in [-0.1, -0.05) is 6.92 Å². The lowest BCUT2D eigenvalue weighted by atomic mass is 9.83. The van der Waals surface area contributed by atoms with Crippen molar-refractivity contribution in [3.63, 3.8) is 0 Å². The van der Waals surface area contributed by atoms with Crippen LogP contribution in [-0.2, 0) is 14.3 Å². The van der Waals surface area contributed by atoms with Crippen LogP contribution in [0.1, 0.15) is 13.3 Å². The summed E-state index contributed by atoms with van der Waals surface area (Å²) in [5.41, 5.74) is 0.404. The maximum Gasteiger partial charge on any atom is 0.337 e. The minimum Gasteiger partial charge on any atom is -0.472 e. The lowest BCUT2D eigenvalue weighted by molar-refractivity contribution is -0.145. The molecule has 1 saturated carbocycles. The molecular formula is C11H16O5. The standard InChI is InChI=1S/C11H16O5/c1-5-8(12)3-6-7(10(13)15-2)4-16-11(14)9(5)6/h4-6,8-9,11-12,14H,3H2,1-2H3/t5-,6+,8-,9+,11+/m1/s1. The maximum absolute atomic E-state index is 11.5. The third kappa shape index (κ3) is 1.60. The van der Waals surface area contributed by atoms with Gasteiger partial charge in [-0.3, -0.25) is 0 Å². The number of carbonyl (C=O) groups is 1. The highest BCUT2D eigenvalue weighted by atomic mass is 16.6. The fraction of sp³-hybridized carbons (Fsp3) is 0.727. The van der Waals surface area contributed by atoms with Crippen LogP contribution in [0.3, 0.4) is 0 Å². The Bertz CT molecular complexity index is 324. The summed E-state index contributed by atoms with van der Waals surface area (Å²) < 4.78 is 9.68. The summed E-state index contributed by atoms with van der Waals surface area (Å²) in [6, 6.07) is 0. The highest BCUT2D eigenvalue weighted by Crippen LogP contribution is 2.45. The zero-order valence-electron chi connectivity index (χ0n) is 9.29. The number of hydrogen-bond donors (Lipinski definition) is 2. The topological polar surface area (TPSA) is 76.0 Å². The molecule has 1 fully saturated rings. The van der Waals surface area contributed by atoms with Gasteiger partial charge in [0.1, 0.15) is 0 Å². The van der Waals surface area contributed by atoms with E-state index in [1.54, 1.807) is 0 Å². The summed E-state index contributed by atoms with van der Waals surface area (Å²) in [5.74, 6) is -0.966. The number of esters is 1. The van der Waals surface area contributed by atoms with Crippen molar-refractivity contribution < 1.29 is 24.5 Å². The Morgan fingerprint density at radius 1 is 1.56 bits per heavy atom. The molecule has 5 nitrogen and oxygen atoms in total. The van der Waals surface area contributed by atoms with E-state index in [1.165, 1.54) is 13.4 Å². The Balaban J connectivity index is 2.28. The van der Waals surface area contributed by atoms with Crippen LogP contribution in [-0.4, -0.2) is 35.7 Å². The van der Waals surface area contributed by atoms with Crippen molar-refractivity contribution >= 4 is 5.97 Å². The second-order valence-electron chi connectivity index (χ2n) is 4.44. The van der Waals surface area contributed by atoms with Crippen LogP contribution in [0, 0.1) is 17.8 Å². The van der Waals surface area contributed by atoms with E-state index in [1.807, 2.05) is 6.92 Å². The van der Waals surface area contributed by atoms with Gasteiger partial charge in [-0.15, -0.1) is 0 Å². The second kappa shape index (κ2) is 4.07. The van der Waals surface area contributed by atoms with E-state index in [9.17, 15) is 15.0 Å². The number of ether oxygens (including phenoxy) is 2. The molecule has 0 aromatic rings. The normalized spacial score (nSPS) is 42.0. The van der Waals surface area contributed by atoms with Crippen molar-refractivity contribution in [1.29, 1.82) is 0 Å². The van der Waals surface area contributed by atoms with E-state index in [-0.39, 0.29) is 17.8 Å². The van der Waals surface area contributed by atoms with Crippen molar-refractivity contribution in [3.05, 3.63) is 11.8 Å². The van der Waals surface area contributed by atoms with Crippen molar-refractivity contribution in [3.8, 4) is 0 Å². The van der Waals surface area contributed by atoms with Crippen molar-refractivity contribution in [2.24, 2.45) is 17.8 Å². The third-order valence-electron chi connectivity index (χ3n) is 3.66. The predicted molar refractivity (Wildman–Crippen MR) is 54.0 cm³/mol. The summed E-state index contributed by atoms with van der Waals surface area (Å²) in [4.78, 5) is 11.5. The van der Waals surface area contributed by atoms with E-state index >= 15 is 0 Å². The number of carbonyl (C=O) groups excluding carboxylic acids is 1. The Morgan fingerprint density at radius 3 is 2.88 bits per heavy atom. The molecule has 0 aromatic carbocycles. The number of methoxy groups -OCH3 is 1. The molecular weight excluding hydrogens is 212 g/mol. The molecule has 0 bridgehead atoms. The van der Waals surface area contributed by atoms with Gasteiger partial charge in [0.25, 0.3) is 0 Å². The molecule has 0 radical (unpaired) electrons. The van der Waals surface area contributed by atoms with E-state index < -0.39 is 18.4 Å². The van der Waals surface area contributed by atoms with Crippen molar-refractivity contribution in [2.45, 2.75) is 25.7 Å². The molecule has 0 unspecified atom stereocenters. The molecule has 0 saturated heterocycles. The highest BCUT2D eigenvalue weighted by Gasteiger charge is 2.49. The SMILES string of the molecule is COC(=O)C1=CO[C@H](O)[C@H]2[C@H](C)[C@H](O)C[C@@H]12. The van der Waals surface area contributed by atoms with Crippen LogP contribution in [0.4, 0.5) is 0 Å². The molecule has 5 heteroatoms. The van der Waals surface area contributed by atoms with E-state index in [0.717, 1.165) is 0 Å². The molecule has 0 spiro atoms. The number of aliphatic hydroxyl groups is 2. The highest BCUT2D eigenvalue weighted by molar-refractivity contribution is 5.89. The van der Waals surface area contributed by atoms with Gasteiger partial charge in [0.15, 0.2) is 6.29 Å². The van der Waals surface area contributed by atoms with Crippen LogP contribution in [0.2, 0.25) is 0 Å². The second-order valence-corrected chi connectivity index (χ2v) is 4.44. The minimum atomic E-state index is -0.953. The predicted octanol–water partition coefficient (Wildman–Crippen LogP) is 0.0250. The summed E-state index contributed by atoms with van der Waals surface area (Å²) in [6.45, 7) is 1.85. The van der Waals surface area contributed by atoms with Gasteiger partial charge in [0, 0.05) is 11.8 Å². The molecule has 2 aliphatic rings. The van der Waals surface area contributed by atoms with Crippen LogP contribution >= 0.6 is 0 Å². The molecule has 1 aliphatic carbocycles. The zero-order chi connectivity index (χ0) is 11.9. The van der Waals surface area contributed by atoms with Gasteiger partial charge in [-0.2, -0.15) is 0 Å². The largest absolute Gasteiger partial charge is 0.472 e. The van der Waals surface area contributed by atoms with Gasteiger partial charge in [-0.05, 0) is 12.3 Å². The molecule has 1 heterocycles. The summed E-state index contributed by atoms with van der Waals surface area (Å²) in [5, 5.41) is 19.5. The van der Waals surface area contributed by atoms with Gasteiger partial charge >= 0.3 is 5.97 Å². The summed E-state index contributed by atoms with van der Waals surface area (Å²) >= 11 is 0. The van der Waals surface area contributed by atoms with E-state index in [2.05, 4.69) is 4.74 Å². The van der Waals surface area contributed by atoms with Gasteiger partial charge in [0.2, 0.25) is 0 Å². The quantitative estimate of drug-likeness (QED) is 0.619. The lowest BCUT2D eigenvalue weighted by Gasteiger charge is -2.31. The first kappa shape index (κ1) is 11.4. The Hall–Kier alpha value is -1.07. The maximum atomic E-state index is 11.5. The molecule has 1 aliphatic heterocycles. The molecule has 5 atom stereocenters. The fourth-order valence-electron chi connectivity index (χ4n) is 2.69. The number of rotatable bonds is 1. The lowest BCUT2D eigenvalue weighted by Crippen LogP contribution is -2.36. The first-order chi connectivity index (χ1) is 7.56. The van der Waals surface area contributed by atoms with Gasteiger partial charge < -0.3 is 19.7 Å². The Labute approximate surface area is 93.7 Å². The molecule has 16 heavy (non-hydrogen) atoms. The minimum absolute atomic E-state index is 0.0895. The number of fused-ring (bicyclic) bond motifs is 1. The van der Waals surface area contributed by atoms with Crippen molar-refractivity contribution in [2.75, 3.05) is 7.11 Å². The van der Waals surface area contributed by atoms with Crippen LogP contribution in [0.25, 0.3) is 0 Å². The smallest absolute Gasteiger partial charge is 0.337 e. The number of aliphatic hydroxyl groups excluding tert-OH is 2. The molecule has 90 valence electrons. The number of hydrogen-bond acceptors (Lipinski definition) is 5. The van der Waals surface area contributed by atoms with E-state index in [4.69, 9.17) is 4.74 Å². The third-order valence-corrected chi connectivity index (χ3v) is 3.66. The summed E-state index contributed by atoms with van der Waals surface area (Å²) in [6.07, 6.45) is 0.250. The average molecular weight is 228 g/mol. The molecule has 2 N–H and O–H groups in total. The molecule has 0 aromatic heterocycles. The van der Waals surface area contributed by atoms with Crippen LogP contribution in [0.5, 0.6) is 0 Å².